The Hall–Kier alpha value is -1.97. The highest BCUT2D eigenvalue weighted by Crippen LogP contribution is 2.25. The Morgan fingerprint density at radius 2 is 1.73 bits per heavy atom. The Labute approximate surface area is 132 Å². The number of phenolic OH excluding ortho intramolecular Hbond substituents is 2. The topological polar surface area (TPSA) is 69.6 Å². The standard InChI is InChI=1S/C18H27NO3/c1-2-3-4-5-6-7-8-13-19-18(22)12-10-15-9-11-16(20)17(21)14-15/h9-12,14,20-21H,2-8,13H2,1H3,(H,19,22)/b12-10+. The molecule has 3 N–H and O–H groups in total. The monoisotopic (exact) mass is 305 g/mol. The fourth-order valence-electron chi connectivity index (χ4n) is 2.17. The van der Waals surface area contributed by atoms with Crippen molar-refractivity contribution in [3.8, 4) is 11.5 Å². The molecule has 0 saturated carbocycles. The Morgan fingerprint density at radius 3 is 2.41 bits per heavy atom. The maximum Gasteiger partial charge on any atom is 0.243 e. The number of hydrogen-bond donors (Lipinski definition) is 3. The second kappa shape index (κ2) is 10.7. The van der Waals surface area contributed by atoms with E-state index in [1.54, 1.807) is 12.1 Å². The summed E-state index contributed by atoms with van der Waals surface area (Å²) in [6.45, 7) is 2.90. The quantitative estimate of drug-likeness (QED) is 0.348. The van der Waals surface area contributed by atoms with E-state index in [2.05, 4.69) is 12.2 Å². The lowest BCUT2D eigenvalue weighted by molar-refractivity contribution is -0.116. The van der Waals surface area contributed by atoms with Gasteiger partial charge >= 0.3 is 0 Å². The van der Waals surface area contributed by atoms with Gasteiger partial charge in [0.25, 0.3) is 0 Å². The minimum atomic E-state index is -0.189. The molecule has 1 rings (SSSR count). The number of unbranched alkanes of at least 4 members (excludes halogenated alkanes) is 6. The molecular formula is C18H27NO3. The lowest BCUT2D eigenvalue weighted by Crippen LogP contribution is -2.21. The van der Waals surface area contributed by atoms with E-state index in [9.17, 15) is 15.0 Å². The third-order valence-corrected chi connectivity index (χ3v) is 3.51. The maximum absolute atomic E-state index is 11.6. The Kier molecular flexibility index (Phi) is 8.80. The fraction of sp³-hybridized carbons (Fsp3) is 0.500. The van der Waals surface area contributed by atoms with Gasteiger partial charge in [0.15, 0.2) is 11.5 Å². The van der Waals surface area contributed by atoms with Crippen molar-refractivity contribution in [3.63, 3.8) is 0 Å². The van der Waals surface area contributed by atoms with Crippen LogP contribution in [0.1, 0.15) is 57.4 Å². The Bertz CT molecular complexity index is 483. The van der Waals surface area contributed by atoms with Crippen LogP contribution in [0.15, 0.2) is 24.3 Å². The highest BCUT2D eigenvalue weighted by Gasteiger charge is 1.99. The first-order chi connectivity index (χ1) is 10.6. The van der Waals surface area contributed by atoms with Gasteiger partial charge in [0.1, 0.15) is 0 Å². The largest absolute Gasteiger partial charge is 0.504 e. The second-order valence-corrected chi connectivity index (χ2v) is 5.49. The van der Waals surface area contributed by atoms with Gasteiger partial charge in [-0.1, -0.05) is 51.5 Å². The summed E-state index contributed by atoms with van der Waals surface area (Å²) in [4.78, 5) is 11.6. The van der Waals surface area contributed by atoms with Crippen LogP contribution in [0.5, 0.6) is 11.5 Å². The number of carbonyl (C=O) groups excluding carboxylic acids is 1. The molecular weight excluding hydrogens is 278 g/mol. The number of benzene rings is 1. The van der Waals surface area contributed by atoms with Crippen molar-refractivity contribution in [2.24, 2.45) is 0 Å². The average molecular weight is 305 g/mol. The van der Waals surface area contributed by atoms with Crippen LogP contribution >= 0.6 is 0 Å². The number of hydrogen-bond acceptors (Lipinski definition) is 3. The van der Waals surface area contributed by atoms with Gasteiger partial charge in [-0.3, -0.25) is 4.79 Å². The summed E-state index contributed by atoms with van der Waals surface area (Å²) in [5.74, 6) is -0.496. The van der Waals surface area contributed by atoms with Gasteiger partial charge in [0, 0.05) is 12.6 Å². The summed E-state index contributed by atoms with van der Waals surface area (Å²) >= 11 is 0. The number of rotatable bonds is 10. The van der Waals surface area contributed by atoms with Crippen LogP contribution in [-0.2, 0) is 4.79 Å². The van der Waals surface area contributed by atoms with Crippen molar-refractivity contribution in [1.29, 1.82) is 0 Å². The number of aromatic hydroxyl groups is 2. The molecule has 0 unspecified atom stereocenters. The molecule has 0 heterocycles. The van der Waals surface area contributed by atoms with Gasteiger partial charge in [-0.15, -0.1) is 0 Å². The molecule has 0 spiro atoms. The summed E-state index contributed by atoms with van der Waals surface area (Å²) in [6.07, 6.45) is 11.6. The van der Waals surface area contributed by atoms with Crippen LogP contribution in [0.4, 0.5) is 0 Å². The molecule has 0 bridgehead atoms. The van der Waals surface area contributed by atoms with Gasteiger partial charge < -0.3 is 15.5 Å². The highest BCUT2D eigenvalue weighted by atomic mass is 16.3. The van der Waals surface area contributed by atoms with Crippen molar-refractivity contribution in [1.82, 2.24) is 5.32 Å². The van der Waals surface area contributed by atoms with E-state index < -0.39 is 0 Å². The number of nitrogens with one attached hydrogen (secondary N) is 1. The number of carbonyl (C=O) groups is 1. The third kappa shape index (κ3) is 7.72. The van der Waals surface area contributed by atoms with Crippen LogP contribution in [0.3, 0.4) is 0 Å². The molecule has 0 saturated heterocycles. The van der Waals surface area contributed by atoms with Crippen molar-refractivity contribution in [2.45, 2.75) is 51.9 Å². The molecule has 0 aliphatic carbocycles. The summed E-state index contributed by atoms with van der Waals surface area (Å²) in [5.41, 5.74) is 0.668. The molecule has 0 radical (unpaired) electrons. The van der Waals surface area contributed by atoms with E-state index in [4.69, 9.17) is 0 Å². The zero-order valence-electron chi connectivity index (χ0n) is 13.3. The normalized spacial score (nSPS) is 11.0. The van der Waals surface area contributed by atoms with E-state index in [0.717, 1.165) is 12.8 Å². The van der Waals surface area contributed by atoms with Crippen LogP contribution in [-0.4, -0.2) is 22.7 Å². The van der Waals surface area contributed by atoms with Crippen molar-refractivity contribution in [3.05, 3.63) is 29.8 Å². The van der Waals surface area contributed by atoms with Crippen LogP contribution < -0.4 is 5.32 Å². The maximum atomic E-state index is 11.6. The first-order valence-electron chi connectivity index (χ1n) is 8.11. The predicted molar refractivity (Wildman–Crippen MR) is 89.8 cm³/mol. The van der Waals surface area contributed by atoms with Gasteiger partial charge in [0.2, 0.25) is 5.91 Å². The van der Waals surface area contributed by atoms with Crippen molar-refractivity contribution in [2.75, 3.05) is 6.54 Å². The summed E-state index contributed by atoms with van der Waals surface area (Å²) in [6, 6.07) is 4.44. The molecule has 0 aliphatic rings. The molecule has 122 valence electrons. The van der Waals surface area contributed by atoms with Crippen LogP contribution in [0.2, 0.25) is 0 Å². The molecule has 22 heavy (non-hydrogen) atoms. The summed E-state index contributed by atoms with van der Waals surface area (Å²) < 4.78 is 0. The van der Waals surface area contributed by atoms with E-state index in [0.29, 0.717) is 12.1 Å². The van der Waals surface area contributed by atoms with Crippen molar-refractivity contribution >= 4 is 12.0 Å². The van der Waals surface area contributed by atoms with Gasteiger partial charge in [-0.05, 0) is 30.2 Å². The van der Waals surface area contributed by atoms with E-state index in [1.807, 2.05) is 0 Å². The first-order valence-corrected chi connectivity index (χ1v) is 8.11. The predicted octanol–water partition coefficient (Wildman–Crippen LogP) is 3.98. The molecule has 1 aromatic carbocycles. The van der Waals surface area contributed by atoms with E-state index in [1.165, 1.54) is 50.3 Å². The van der Waals surface area contributed by atoms with Gasteiger partial charge in [0.05, 0.1) is 0 Å². The average Bonchev–Trinajstić information content (AvgIpc) is 2.51. The number of phenols is 2. The van der Waals surface area contributed by atoms with Gasteiger partial charge in [-0.2, -0.15) is 0 Å². The van der Waals surface area contributed by atoms with E-state index >= 15 is 0 Å². The molecule has 0 aromatic heterocycles. The van der Waals surface area contributed by atoms with Crippen LogP contribution in [0.25, 0.3) is 6.08 Å². The zero-order chi connectivity index (χ0) is 16.2. The lowest BCUT2D eigenvalue weighted by atomic mass is 10.1. The Morgan fingerprint density at radius 1 is 1.05 bits per heavy atom. The molecule has 0 fully saturated rings. The minimum absolute atomic E-state index is 0.140. The zero-order valence-corrected chi connectivity index (χ0v) is 13.3. The Balaban J connectivity index is 2.15. The molecule has 1 amide bonds. The molecule has 0 atom stereocenters. The lowest BCUT2D eigenvalue weighted by Gasteiger charge is -2.03. The first kappa shape index (κ1) is 18.1. The van der Waals surface area contributed by atoms with Crippen LogP contribution in [0, 0.1) is 0 Å². The third-order valence-electron chi connectivity index (χ3n) is 3.51. The van der Waals surface area contributed by atoms with E-state index in [-0.39, 0.29) is 17.4 Å². The molecule has 4 nitrogen and oxygen atoms in total. The highest BCUT2D eigenvalue weighted by molar-refractivity contribution is 5.91. The SMILES string of the molecule is CCCCCCCCCNC(=O)/C=C/c1ccc(O)c(O)c1. The smallest absolute Gasteiger partial charge is 0.243 e. The molecule has 1 aromatic rings. The molecule has 4 heteroatoms. The fourth-order valence-corrected chi connectivity index (χ4v) is 2.17. The second-order valence-electron chi connectivity index (χ2n) is 5.49. The van der Waals surface area contributed by atoms with Gasteiger partial charge in [-0.25, -0.2) is 0 Å². The number of amides is 1. The van der Waals surface area contributed by atoms with Crippen molar-refractivity contribution < 1.29 is 15.0 Å². The minimum Gasteiger partial charge on any atom is -0.504 e. The summed E-state index contributed by atoms with van der Waals surface area (Å²) in [5, 5.41) is 21.4. The molecule has 0 aliphatic heterocycles. The summed E-state index contributed by atoms with van der Waals surface area (Å²) in [7, 11) is 0.